The number of amides is 1. The molecule has 0 spiro atoms. The van der Waals surface area contributed by atoms with Crippen molar-refractivity contribution in [1.29, 1.82) is 0 Å². The fourth-order valence-corrected chi connectivity index (χ4v) is 4.08. The van der Waals surface area contributed by atoms with Gasteiger partial charge in [0.1, 0.15) is 42.7 Å². The molecule has 0 aliphatic carbocycles. The van der Waals surface area contributed by atoms with Gasteiger partial charge in [0, 0.05) is 31.5 Å². The number of halogens is 2. The van der Waals surface area contributed by atoms with E-state index < -0.39 is 5.82 Å². The maximum Gasteiger partial charge on any atom is 0.248 e. The van der Waals surface area contributed by atoms with E-state index in [0.29, 0.717) is 47.1 Å². The molecule has 2 aromatic carbocycles. The number of hydrogen-bond acceptors (Lipinski definition) is 7. The molecule has 10 heteroatoms. The fraction of sp³-hybridized carbons (Fsp3) is 0.348. The first-order chi connectivity index (χ1) is 16.0. The van der Waals surface area contributed by atoms with Gasteiger partial charge in [0.05, 0.1) is 29.1 Å². The summed E-state index contributed by atoms with van der Waals surface area (Å²) in [6.45, 7) is 1.02. The number of methoxy groups -OCH3 is 2. The second-order valence-corrected chi connectivity index (χ2v) is 8.03. The van der Waals surface area contributed by atoms with Crippen LogP contribution in [-0.4, -0.2) is 60.8 Å². The Hall–Kier alpha value is -3.17. The van der Waals surface area contributed by atoms with Crippen LogP contribution in [0.5, 0.6) is 11.5 Å². The predicted octanol–water partition coefficient (Wildman–Crippen LogP) is 4.19. The zero-order valence-corrected chi connectivity index (χ0v) is 19.1. The average molecular weight is 475 g/mol. The number of anilines is 2. The quantitative estimate of drug-likeness (QED) is 0.524. The number of ether oxygens (including phenoxy) is 3. The van der Waals surface area contributed by atoms with Gasteiger partial charge in [-0.1, -0.05) is 11.6 Å². The summed E-state index contributed by atoms with van der Waals surface area (Å²) < 4.78 is 30.2. The van der Waals surface area contributed by atoms with Crippen molar-refractivity contribution in [2.75, 3.05) is 39.3 Å². The summed E-state index contributed by atoms with van der Waals surface area (Å²) in [4.78, 5) is 22.9. The molecule has 3 aromatic rings. The third-order valence-corrected chi connectivity index (χ3v) is 5.78. The number of nitrogens with zero attached hydrogens (tertiary/aromatic N) is 3. The Labute approximate surface area is 195 Å². The zero-order chi connectivity index (χ0) is 23.4. The van der Waals surface area contributed by atoms with E-state index in [-0.39, 0.29) is 23.6 Å². The van der Waals surface area contributed by atoms with Crippen LogP contribution in [0, 0.1) is 5.82 Å². The summed E-state index contributed by atoms with van der Waals surface area (Å²) in [6, 6.07) is 7.79. The van der Waals surface area contributed by atoms with E-state index in [2.05, 4.69) is 15.3 Å². The molecule has 1 atom stereocenters. The predicted molar refractivity (Wildman–Crippen MR) is 123 cm³/mol. The number of carbonyl (C=O) groups excluding carboxylic acids is 1. The number of rotatable bonds is 8. The monoisotopic (exact) mass is 474 g/mol. The molecule has 1 N–H and O–H groups in total. The number of benzene rings is 2. The molecule has 33 heavy (non-hydrogen) atoms. The number of fused-ring (bicyclic) bond motifs is 1. The summed E-state index contributed by atoms with van der Waals surface area (Å²) in [7, 11) is 3.07. The van der Waals surface area contributed by atoms with Crippen LogP contribution in [0.1, 0.15) is 12.8 Å². The largest absolute Gasteiger partial charge is 0.497 e. The van der Waals surface area contributed by atoms with Gasteiger partial charge in [-0.3, -0.25) is 4.79 Å². The Kier molecular flexibility index (Phi) is 7.10. The van der Waals surface area contributed by atoms with Crippen LogP contribution in [0.3, 0.4) is 0 Å². The van der Waals surface area contributed by atoms with Crippen LogP contribution in [0.4, 0.5) is 15.9 Å². The highest BCUT2D eigenvalue weighted by Crippen LogP contribution is 2.36. The lowest BCUT2D eigenvalue weighted by molar-refractivity contribution is -0.136. The van der Waals surface area contributed by atoms with Gasteiger partial charge in [-0.05, 0) is 31.0 Å². The second-order valence-electron chi connectivity index (χ2n) is 7.62. The van der Waals surface area contributed by atoms with Gasteiger partial charge < -0.3 is 24.4 Å². The highest BCUT2D eigenvalue weighted by atomic mass is 35.5. The molecule has 1 aromatic heterocycles. The second kappa shape index (κ2) is 10.2. The van der Waals surface area contributed by atoms with Crippen molar-refractivity contribution in [2.45, 2.75) is 18.9 Å². The lowest BCUT2D eigenvalue weighted by atomic mass is 10.2. The van der Waals surface area contributed by atoms with Crippen molar-refractivity contribution < 1.29 is 23.4 Å². The Balaban J connectivity index is 1.65. The van der Waals surface area contributed by atoms with E-state index in [9.17, 15) is 9.18 Å². The number of aromatic nitrogens is 2. The van der Waals surface area contributed by atoms with E-state index in [1.807, 2.05) is 0 Å². The molecule has 1 saturated heterocycles. The SMILES string of the molecule is COCC(=O)N1CCC[C@@H]1COc1cc(OC)cc2ncnc(Nc3ccc(F)c(Cl)c3)c12. The number of carbonyl (C=O) groups is 1. The first kappa shape index (κ1) is 23.0. The van der Waals surface area contributed by atoms with E-state index >= 15 is 0 Å². The van der Waals surface area contributed by atoms with Gasteiger partial charge in [0.2, 0.25) is 5.91 Å². The van der Waals surface area contributed by atoms with Crippen LogP contribution in [0.25, 0.3) is 10.9 Å². The van der Waals surface area contributed by atoms with Crippen LogP contribution in [0.15, 0.2) is 36.7 Å². The minimum Gasteiger partial charge on any atom is -0.497 e. The third kappa shape index (κ3) is 5.09. The van der Waals surface area contributed by atoms with Crippen molar-refractivity contribution in [2.24, 2.45) is 0 Å². The summed E-state index contributed by atoms with van der Waals surface area (Å²) in [6.07, 6.45) is 3.16. The van der Waals surface area contributed by atoms with E-state index in [4.69, 9.17) is 25.8 Å². The Morgan fingerprint density at radius 1 is 1.27 bits per heavy atom. The number of hydrogen-bond donors (Lipinski definition) is 1. The molecule has 1 aliphatic rings. The number of nitrogens with one attached hydrogen (secondary N) is 1. The topological polar surface area (TPSA) is 85.8 Å². The Bertz CT molecular complexity index is 1160. The van der Waals surface area contributed by atoms with E-state index in [1.54, 1.807) is 30.2 Å². The normalized spacial score (nSPS) is 15.6. The molecular weight excluding hydrogens is 451 g/mol. The molecule has 0 saturated carbocycles. The molecule has 0 unspecified atom stereocenters. The summed E-state index contributed by atoms with van der Waals surface area (Å²) in [5.74, 6) is 0.988. The fourth-order valence-electron chi connectivity index (χ4n) is 3.90. The Morgan fingerprint density at radius 3 is 2.88 bits per heavy atom. The maximum atomic E-state index is 13.6. The van der Waals surface area contributed by atoms with E-state index in [1.165, 1.54) is 25.6 Å². The summed E-state index contributed by atoms with van der Waals surface area (Å²) in [5, 5.41) is 3.79. The van der Waals surface area contributed by atoms with Crippen LogP contribution in [-0.2, 0) is 9.53 Å². The van der Waals surface area contributed by atoms with Crippen molar-refractivity contribution in [3.05, 3.63) is 47.5 Å². The highest BCUT2D eigenvalue weighted by Gasteiger charge is 2.29. The molecule has 1 amide bonds. The van der Waals surface area contributed by atoms with Crippen molar-refractivity contribution >= 4 is 39.9 Å². The molecule has 4 rings (SSSR count). The van der Waals surface area contributed by atoms with Gasteiger partial charge in [0.15, 0.2) is 0 Å². The molecule has 1 aliphatic heterocycles. The smallest absolute Gasteiger partial charge is 0.248 e. The molecule has 2 heterocycles. The van der Waals surface area contributed by atoms with Gasteiger partial charge in [-0.15, -0.1) is 0 Å². The van der Waals surface area contributed by atoms with Crippen LogP contribution in [0.2, 0.25) is 5.02 Å². The van der Waals surface area contributed by atoms with Crippen molar-refractivity contribution in [3.63, 3.8) is 0 Å². The summed E-state index contributed by atoms with van der Waals surface area (Å²) >= 11 is 5.92. The summed E-state index contributed by atoms with van der Waals surface area (Å²) in [5.41, 5.74) is 1.17. The lowest BCUT2D eigenvalue weighted by Gasteiger charge is -2.25. The van der Waals surface area contributed by atoms with Crippen LogP contribution >= 0.6 is 11.6 Å². The molecular formula is C23H24ClFN4O4. The van der Waals surface area contributed by atoms with Gasteiger partial charge in [-0.25, -0.2) is 14.4 Å². The van der Waals surface area contributed by atoms with Crippen molar-refractivity contribution in [1.82, 2.24) is 14.9 Å². The first-order valence-corrected chi connectivity index (χ1v) is 10.8. The maximum absolute atomic E-state index is 13.6. The Morgan fingerprint density at radius 2 is 2.12 bits per heavy atom. The minimum atomic E-state index is -0.507. The number of likely N-dealkylation sites (tertiary alicyclic amines) is 1. The molecule has 0 radical (unpaired) electrons. The van der Waals surface area contributed by atoms with Crippen molar-refractivity contribution in [3.8, 4) is 11.5 Å². The molecule has 8 nitrogen and oxygen atoms in total. The van der Waals surface area contributed by atoms with Gasteiger partial charge in [0.25, 0.3) is 0 Å². The molecule has 174 valence electrons. The highest BCUT2D eigenvalue weighted by molar-refractivity contribution is 6.31. The minimum absolute atomic E-state index is 0.00134. The molecule has 0 bridgehead atoms. The lowest BCUT2D eigenvalue weighted by Crippen LogP contribution is -2.40. The van der Waals surface area contributed by atoms with Crippen LogP contribution < -0.4 is 14.8 Å². The zero-order valence-electron chi connectivity index (χ0n) is 18.3. The van der Waals surface area contributed by atoms with E-state index in [0.717, 1.165) is 12.8 Å². The third-order valence-electron chi connectivity index (χ3n) is 5.49. The average Bonchev–Trinajstić information content (AvgIpc) is 3.29. The first-order valence-electron chi connectivity index (χ1n) is 10.5. The standard InChI is InChI=1S/C23H24ClFN4O4/c1-31-12-21(30)29-7-3-4-15(29)11-33-20-10-16(32-2)9-19-22(20)23(27-13-26-19)28-14-5-6-18(25)17(24)8-14/h5-6,8-10,13,15H,3-4,7,11-12H2,1-2H3,(H,26,27,28)/t15-/m1/s1. The van der Waals surface area contributed by atoms with Gasteiger partial charge in [-0.2, -0.15) is 0 Å². The van der Waals surface area contributed by atoms with Gasteiger partial charge >= 0.3 is 0 Å². The molecule has 1 fully saturated rings.